The summed E-state index contributed by atoms with van der Waals surface area (Å²) >= 11 is -0.101. The average molecular weight is 292 g/mol. The van der Waals surface area contributed by atoms with E-state index < -0.39 is 0 Å². The van der Waals surface area contributed by atoms with Gasteiger partial charge in [0, 0.05) is 0 Å². The third kappa shape index (κ3) is 1.54. The van der Waals surface area contributed by atoms with Gasteiger partial charge < -0.3 is 0 Å². The zero-order chi connectivity index (χ0) is 9.42. The zero-order valence-electron chi connectivity index (χ0n) is 7.27. The van der Waals surface area contributed by atoms with Gasteiger partial charge in [-0.1, -0.05) is 0 Å². The molecular weight excluding hydrogens is 284 g/mol. The van der Waals surface area contributed by atoms with Gasteiger partial charge >= 0.3 is 85.4 Å². The summed E-state index contributed by atoms with van der Waals surface area (Å²) in [6.07, 6.45) is 0. The summed E-state index contributed by atoms with van der Waals surface area (Å²) in [5.41, 5.74) is 0.910. The van der Waals surface area contributed by atoms with E-state index in [4.69, 9.17) is 4.42 Å². The van der Waals surface area contributed by atoms with Crippen LogP contribution >= 0.6 is 0 Å². The fourth-order valence-electron chi connectivity index (χ4n) is 1.18. The minimum absolute atomic E-state index is 0.101. The van der Waals surface area contributed by atoms with E-state index >= 15 is 0 Å². The number of aromatic nitrogens is 1. The van der Waals surface area contributed by atoms with Crippen LogP contribution in [0.5, 0.6) is 0 Å². The molecule has 2 rings (SSSR count). The van der Waals surface area contributed by atoms with Gasteiger partial charge in [0.2, 0.25) is 0 Å². The number of oxazole rings is 1. The summed E-state index contributed by atoms with van der Waals surface area (Å²) in [7, 11) is 0. The van der Waals surface area contributed by atoms with Crippen LogP contribution in [0.3, 0.4) is 0 Å². The molecule has 0 aliphatic carbocycles. The molecule has 0 atom stereocenters. The summed E-state index contributed by atoms with van der Waals surface area (Å²) in [5.74, 6) is 0.242. The predicted octanol–water partition coefficient (Wildman–Crippen LogP) is -0.836. The third-order valence-electron chi connectivity index (χ3n) is 1.74. The Kier molecular flexibility index (Phi) is 2.23. The Morgan fingerprint density at radius 2 is 2.23 bits per heavy atom. The second kappa shape index (κ2) is 3.25. The maximum atomic E-state index is 13.3. The quantitative estimate of drug-likeness (QED) is 0.506. The Bertz CT molecular complexity index is 452. The van der Waals surface area contributed by atoms with Crippen molar-refractivity contribution < 1.29 is 30.0 Å². The predicted molar refractivity (Wildman–Crippen MR) is 43.3 cm³/mol. The van der Waals surface area contributed by atoms with Crippen LogP contribution < -0.4 is 21.2 Å². The molecule has 0 saturated heterocycles. The molecule has 0 aliphatic heterocycles. The molecule has 0 aliphatic rings. The number of hydrogen-bond donors (Lipinski definition) is 0. The van der Waals surface area contributed by atoms with Gasteiger partial charge in [0.25, 0.3) is 0 Å². The first kappa shape index (κ1) is 8.93. The number of nitrogens with zero attached hydrogens (tertiary/aromatic N) is 1. The van der Waals surface area contributed by atoms with Crippen molar-refractivity contribution in [2.24, 2.45) is 0 Å². The number of aryl methyl sites for hydroxylation is 1. The van der Waals surface area contributed by atoms with E-state index in [2.05, 4.69) is 9.91 Å². The molecule has 0 saturated carbocycles. The van der Waals surface area contributed by atoms with Crippen LogP contribution in [0, 0.1) is 16.3 Å². The first-order chi connectivity index (χ1) is 6.20. The first-order valence-corrected chi connectivity index (χ1v) is 7.00. The molecule has 1 aromatic carbocycles. The second-order valence-electron chi connectivity index (χ2n) is 2.66. The second-order valence-corrected chi connectivity index (χ2v) is 4.98. The molecule has 4 heteroatoms. The van der Waals surface area contributed by atoms with Crippen molar-refractivity contribution in [1.82, 2.24) is 4.98 Å². The molecule has 2 nitrogen and oxygen atoms in total. The number of halogens is 2. The van der Waals surface area contributed by atoms with Gasteiger partial charge in [0.1, 0.15) is 0 Å². The van der Waals surface area contributed by atoms with Crippen LogP contribution in [-0.4, -0.2) is 9.91 Å². The normalized spacial score (nSPS) is 11.3. The molecule has 0 fully saturated rings. The number of hydrogen-bond acceptors (Lipinski definition) is 2. The van der Waals surface area contributed by atoms with Crippen molar-refractivity contribution in [2.45, 2.75) is 6.92 Å². The fourth-order valence-corrected chi connectivity index (χ4v) is 2.36. The average Bonchev–Trinajstić information content (AvgIpc) is 2.46. The summed E-state index contributed by atoms with van der Waals surface area (Å²) in [5, 5.41) is 0. The Morgan fingerprint density at radius 1 is 1.46 bits per heavy atom. The van der Waals surface area contributed by atoms with E-state index in [1.165, 1.54) is 0 Å². The molecule has 0 radical (unpaired) electrons. The van der Waals surface area contributed by atoms with Gasteiger partial charge in [0.15, 0.2) is 0 Å². The van der Waals surface area contributed by atoms with Crippen LogP contribution in [0.25, 0.3) is 11.1 Å². The van der Waals surface area contributed by atoms with Crippen molar-refractivity contribution in [3.05, 3.63) is 27.4 Å². The molecule has 0 bridgehead atoms. The molecule has 0 N–H and O–H groups in total. The molecule has 0 amide bonds. The van der Waals surface area contributed by atoms with E-state index in [9.17, 15) is 4.39 Å². The Balaban J connectivity index is 2.75. The monoisotopic (exact) mass is 292 g/mol. The fraction of sp³-hybridized carbons (Fsp3) is 0.222. The molecular formula is C9H8FINO-. The van der Waals surface area contributed by atoms with Gasteiger partial charge in [-0.15, -0.1) is 0 Å². The Labute approximate surface area is 85.4 Å². The van der Waals surface area contributed by atoms with Crippen LogP contribution in [0.4, 0.5) is 4.39 Å². The van der Waals surface area contributed by atoms with E-state index in [1.807, 2.05) is 6.07 Å². The molecule has 2 aromatic rings. The number of fused-ring (bicyclic) bond motifs is 1. The van der Waals surface area contributed by atoms with E-state index in [0.29, 0.717) is 17.0 Å². The molecule has 1 aromatic heterocycles. The van der Waals surface area contributed by atoms with E-state index in [0.717, 1.165) is 3.57 Å². The van der Waals surface area contributed by atoms with Gasteiger partial charge in [-0.3, -0.25) is 0 Å². The van der Waals surface area contributed by atoms with Crippen molar-refractivity contribution >= 4 is 11.1 Å². The van der Waals surface area contributed by atoms with Crippen molar-refractivity contribution in [3.63, 3.8) is 0 Å². The maximum absolute atomic E-state index is 13.3. The van der Waals surface area contributed by atoms with Crippen LogP contribution in [0.2, 0.25) is 0 Å². The minimum atomic E-state index is -0.272. The van der Waals surface area contributed by atoms with Crippen LogP contribution in [-0.2, 0) is 0 Å². The van der Waals surface area contributed by atoms with Crippen molar-refractivity contribution in [1.29, 1.82) is 0 Å². The number of alkyl halides is 1. The van der Waals surface area contributed by atoms with Crippen molar-refractivity contribution in [2.75, 3.05) is 4.93 Å². The summed E-state index contributed by atoms with van der Waals surface area (Å²) < 4.78 is 19.6. The summed E-state index contributed by atoms with van der Waals surface area (Å²) in [6.45, 7) is 1.72. The van der Waals surface area contributed by atoms with Crippen LogP contribution in [0.1, 0.15) is 5.89 Å². The molecule has 0 unspecified atom stereocenters. The third-order valence-corrected chi connectivity index (χ3v) is 3.61. The van der Waals surface area contributed by atoms with E-state index in [-0.39, 0.29) is 27.0 Å². The van der Waals surface area contributed by atoms with Gasteiger partial charge in [-0.25, -0.2) is 0 Å². The van der Waals surface area contributed by atoms with Gasteiger partial charge in [0.05, 0.1) is 0 Å². The molecule has 1 heterocycles. The van der Waals surface area contributed by atoms with Gasteiger partial charge in [-0.05, 0) is 0 Å². The molecule has 13 heavy (non-hydrogen) atoms. The van der Waals surface area contributed by atoms with Gasteiger partial charge in [-0.2, -0.15) is 0 Å². The molecule has 70 valence electrons. The van der Waals surface area contributed by atoms with Crippen molar-refractivity contribution in [3.8, 4) is 0 Å². The SMILES string of the molecule is C[I-]c1cc(F)c2nc(C)oc2c1. The Morgan fingerprint density at radius 3 is 2.92 bits per heavy atom. The number of rotatable bonds is 1. The topological polar surface area (TPSA) is 26.0 Å². The van der Waals surface area contributed by atoms with E-state index in [1.54, 1.807) is 13.0 Å². The first-order valence-electron chi connectivity index (χ1n) is 3.77. The zero-order valence-corrected chi connectivity index (χ0v) is 9.42. The Hall–Kier alpha value is -0.650. The molecule has 0 spiro atoms. The summed E-state index contributed by atoms with van der Waals surface area (Å²) in [4.78, 5) is 6.04. The number of benzene rings is 1. The standard InChI is InChI=1S/C9H8FINO/c1-5-12-9-7(10)3-6(11-2)4-8(9)13-5/h3-4H,1-2H3/q-1. The van der Waals surface area contributed by atoms with Crippen LogP contribution in [0.15, 0.2) is 16.5 Å². The summed E-state index contributed by atoms with van der Waals surface area (Å²) in [6, 6.07) is 3.43.